The molecule has 2 atom stereocenters. The highest BCUT2D eigenvalue weighted by atomic mass is 16.1. The lowest BCUT2D eigenvalue weighted by atomic mass is 9.87. The monoisotopic (exact) mass is 337 g/mol. The van der Waals surface area contributed by atoms with E-state index >= 15 is 0 Å². The molecule has 1 aromatic carbocycles. The van der Waals surface area contributed by atoms with E-state index in [4.69, 9.17) is 0 Å². The SMILES string of the molecule is C[C@H]1CCc2[nH]c3c(C(=O)N[C@H](C)c4nncn4C)cccc3c2C1. The molecule has 0 spiro atoms. The summed E-state index contributed by atoms with van der Waals surface area (Å²) in [6.45, 7) is 4.21. The lowest BCUT2D eigenvalue weighted by Crippen LogP contribution is -2.28. The fourth-order valence-electron chi connectivity index (χ4n) is 3.83. The maximum Gasteiger partial charge on any atom is 0.253 e. The van der Waals surface area contributed by atoms with E-state index in [0.717, 1.165) is 24.2 Å². The van der Waals surface area contributed by atoms with Crippen molar-refractivity contribution in [3.63, 3.8) is 0 Å². The average molecular weight is 337 g/mol. The predicted octanol–water partition coefficient (Wildman–Crippen LogP) is 2.91. The summed E-state index contributed by atoms with van der Waals surface area (Å²) in [6, 6.07) is 5.76. The summed E-state index contributed by atoms with van der Waals surface area (Å²) in [5.74, 6) is 1.34. The number of amides is 1. The molecule has 130 valence electrons. The van der Waals surface area contributed by atoms with Gasteiger partial charge in [0.15, 0.2) is 5.82 Å². The summed E-state index contributed by atoms with van der Waals surface area (Å²) >= 11 is 0. The highest BCUT2D eigenvalue weighted by molar-refractivity contribution is 6.07. The maximum absolute atomic E-state index is 12.9. The fraction of sp³-hybridized carbons (Fsp3) is 0.421. The molecular formula is C19H23N5O. The molecule has 0 radical (unpaired) electrons. The van der Waals surface area contributed by atoms with Gasteiger partial charge >= 0.3 is 0 Å². The second kappa shape index (κ2) is 6.02. The molecule has 0 fully saturated rings. The first kappa shape index (κ1) is 15.9. The van der Waals surface area contributed by atoms with E-state index in [1.54, 1.807) is 6.33 Å². The van der Waals surface area contributed by atoms with E-state index in [2.05, 4.69) is 33.5 Å². The van der Waals surface area contributed by atoms with Crippen LogP contribution < -0.4 is 5.32 Å². The zero-order valence-corrected chi connectivity index (χ0v) is 14.8. The first-order valence-corrected chi connectivity index (χ1v) is 8.81. The van der Waals surface area contributed by atoms with Gasteiger partial charge in [0, 0.05) is 18.1 Å². The Balaban J connectivity index is 1.67. The Kier molecular flexibility index (Phi) is 3.82. The van der Waals surface area contributed by atoms with Crippen molar-refractivity contribution in [1.82, 2.24) is 25.1 Å². The van der Waals surface area contributed by atoms with Gasteiger partial charge in [-0.1, -0.05) is 19.1 Å². The fourth-order valence-corrected chi connectivity index (χ4v) is 3.83. The van der Waals surface area contributed by atoms with Crippen LogP contribution in [0.4, 0.5) is 0 Å². The molecule has 0 aliphatic heterocycles. The number of rotatable bonds is 3. The topological polar surface area (TPSA) is 75.6 Å². The van der Waals surface area contributed by atoms with Crippen molar-refractivity contribution in [2.24, 2.45) is 13.0 Å². The van der Waals surface area contributed by atoms with Crippen LogP contribution in [0.5, 0.6) is 0 Å². The lowest BCUT2D eigenvalue weighted by molar-refractivity contribution is 0.0939. The molecule has 1 amide bonds. The van der Waals surface area contributed by atoms with Crippen molar-refractivity contribution in [2.45, 2.75) is 39.2 Å². The molecule has 1 aliphatic carbocycles. The van der Waals surface area contributed by atoms with Crippen LogP contribution in [0.25, 0.3) is 10.9 Å². The molecule has 0 saturated heterocycles. The predicted molar refractivity (Wildman–Crippen MR) is 96.4 cm³/mol. The molecule has 25 heavy (non-hydrogen) atoms. The quantitative estimate of drug-likeness (QED) is 0.771. The molecule has 2 aromatic heterocycles. The Morgan fingerprint density at radius 1 is 1.44 bits per heavy atom. The zero-order valence-electron chi connectivity index (χ0n) is 14.8. The average Bonchev–Trinajstić information content (AvgIpc) is 3.17. The summed E-state index contributed by atoms with van der Waals surface area (Å²) in [5, 5.41) is 12.2. The number of H-pyrrole nitrogens is 1. The van der Waals surface area contributed by atoms with E-state index in [-0.39, 0.29) is 11.9 Å². The van der Waals surface area contributed by atoms with Gasteiger partial charge < -0.3 is 14.9 Å². The molecule has 6 nitrogen and oxygen atoms in total. The van der Waals surface area contributed by atoms with E-state index in [1.165, 1.54) is 23.1 Å². The van der Waals surface area contributed by atoms with Crippen LogP contribution in [0.3, 0.4) is 0 Å². The van der Waals surface area contributed by atoms with Crippen molar-refractivity contribution < 1.29 is 4.79 Å². The Morgan fingerprint density at radius 2 is 2.28 bits per heavy atom. The third-order valence-electron chi connectivity index (χ3n) is 5.20. The first-order chi connectivity index (χ1) is 12.0. The Bertz CT molecular complexity index is 939. The second-order valence-corrected chi connectivity index (χ2v) is 7.15. The van der Waals surface area contributed by atoms with Gasteiger partial charge in [0.2, 0.25) is 0 Å². The number of nitrogens with one attached hydrogen (secondary N) is 2. The number of carbonyl (C=O) groups is 1. The third-order valence-corrected chi connectivity index (χ3v) is 5.20. The second-order valence-electron chi connectivity index (χ2n) is 7.15. The lowest BCUT2D eigenvalue weighted by Gasteiger charge is -2.17. The number of carbonyl (C=O) groups excluding carboxylic acids is 1. The number of nitrogens with zero attached hydrogens (tertiary/aromatic N) is 3. The molecule has 6 heteroatoms. The van der Waals surface area contributed by atoms with Gasteiger partial charge in [-0.15, -0.1) is 10.2 Å². The van der Waals surface area contributed by atoms with Crippen LogP contribution in [-0.4, -0.2) is 25.7 Å². The minimum Gasteiger partial charge on any atom is -0.358 e. The summed E-state index contributed by atoms with van der Waals surface area (Å²) in [6.07, 6.45) is 4.97. The summed E-state index contributed by atoms with van der Waals surface area (Å²) in [4.78, 5) is 16.4. The summed E-state index contributed by atoms with van der Waals surface area (Å²) in [7, 11) is 1.87. The van der Waals surface area contributed by atoms with Crippen LogP contribution in [0.2, 0.25) is 0 Å². The molecule has 0 saturated carbocycles. The molecule has 2 N–H and O–H groups in total. The molecule has 1 aliphatic rings. The smallest absolute Gasteiger partial charge is 0.253 e. The first-order valence-electron chi connectivity index (χ1n) is 8.81. The van der Waals surface area contributed by atoms with Crippen molar-refractivity contribution in [2.75, 3.05) is 0 Å². The number of benzene rings is 1. The number of aryl methyl sites for hydroxylation is 2. The van der Waals surface area contributed by atoms with Gasteiger partial charge in [0.1, 0.15) is 6.33 Å². The summed E-state index contributed by atoms with van der Waals surface area (Å²) < 4.78 is 1.82. The van der Waals surface area contributed by atoms with Gasteiger partial charge in [-0.25, -0.2) is 0 Å². The van der Waals surface area contributed by atoms with Gasteiger partial charge in [-0.3, -0.25) is 4.79 Å². The number of para-hydroxylation sites is 1. The number of fused-ring (bicyclic) bond motifs is 3. The Hall–Kier alpha value is -2.63. The zero-order chi connectivity index (χ0) is 17.6. The highest BCUT2D eigenvalue weighted by Gasteiger charge is 2.23. The van der Waals surface area contributed by atoms with Crippen molar-refractivity contribution >= 4 is 16.8 Å². The van der Waals surface area contributed by atoms with Gasteiger partial charge in [0.25, 0.3) is 5.91 Å². The maximum atomic E-state index is 12.9. The minimum absolute atomic E-state index is 0.0901. The van der Waals surface area contributed by atoms with Crippen LogP contribution in [0.15, 0.2) is 24.5 Å². The minimum atomic E-state index is -0.208. The summed E-state index contributed by atoms with van der Waals surface area (Å²) in [5.41, 5.74) is 4.30. The Labute approximate surface area is 146 Å². The largest absolute Gasteiger partial charge is 0.358 e. The van der Waals surface area contributed by atoms with E-state index in [9.17, 15) is 4.79 Å². The molecule has 4 rings (SSSR count). The van der Waals surface area contributed by atoms with E-state index in [1.807, 2.05) is 30.7 Å². The third kappa shape index (κ3) is 2.71. The number of hydrogen-bond acceptors (Lipinski definition) is 3. The van der Waals surface area contributed by atoms with E-state index in [0.29, 0.717) is 11.5 Å². The van der Waals surface area contributed by atoms with Crippen molar-refractivity contribution in [3.05, 3.63) is 47.2 Å². The van der Waals surface area contributed by atoms with E-state index < -0.39 is 0 Å². The molecular weight excluding hydrogens is 314 g/mol. The molecule has 3 aromatic rings. The standard InChI is InChI=1S/C19H23N5O/c1-11-7-8-16-15(9-11)13-5-4-6-14(17(13)22-16)19(25)21-12(2)18-23-20-10-24(18)3/h4-6,10-12,22H,7-9H2,1-3H3,(H,21,25)/t11-,12+/m0/s1. The van der Waals surface area contributed by atoms with Gasteiger partial charge in [-0.2, -0.15) is 0 Å². The number of hydrogen-bond donors (Lipinski definition) is 2. The van der Waals surface area contributed by atoms with Gasteiger partial charge in [0.05, 0.1) is 17.1 Å². The van der Waals surface area contributed by atoms with Crippen molar-refractivity contribution in [1.29, 1.82) is 0 Å². The van der Waals surface area contributed by atoms with Crippen molar-refractivity contribution in [3.8, 4) is 0 Å². The van der Waals surface area contributed by atoms with Crippen LogP contribution >= 0.6 is 0 Å². The number of aromatic nitrogens is 4. The molecule has 2 heterocycles. The molecule has 0 bridgehead atoms. The van der Waals surface area contributed by atoms with Crippen LogP contribution in [0.1, 0.15) is 53.7 Å². The highest BCUT2D eigenvalue weighted by Crippen LogP contribution is 2.33. The molecule has 0 unspecified atom stereocenters. The van der Waals surface area contributed by atoms with Crippen LogP contribution in [-0.2, 0) is 19.9 Å². The number of aromatic amines is 1. The Morgan fingerprint density at radius 3 is 3.04 bits per heavy atom. The normalized spacial score (nSPS) is 18.1. The van der Waals surface area contributed by atoms with Gasteiger partial charge in [-0.05, 0) is 43.7 Å². The van der Waals surface area contributed by atoms with Crippen LogP contribution in [0, 0.1) is 5.92 Å².